The smallest absolute Gasteiger partial charge is 0.318 e. The van der Waals surface area contributed by atoms with Crippen LogP contribution in [0.25, 0.3) is 0 Å². The summed E-state index contributed by atoms with van der Waals surface area (Å²) in [5, 5.41) is 13.5. The summed E-state index contributed by atoms with van der Waals surface area (Å²) in [5.41, 5.74) is 2.46. The van der Waals surface area contributed by atoms with Crippen LogP contribution in [-0.4, -0.2) is 43.7 Å². The Kier molecular flexibility index (Phi) is 5.91. The van der Waals surface area contributed by atoms with Crippen LogP contribution in [0, 0.1) is 5.82 Å². The van der Waals surface area contributed by atoms with E-state index >= 15 is 0 Å². The molecule has 29 heavy (non-hydrogen) atoms. The lowest BCUT2D eigenvalue weighted by atomic mass is 9.88. The van der Waals surface area contributed by atoms with Crippen molar-refractivity contribution in [2.75, 3.05) is 20.8 Å². The molecule has 0 spiro atoms. The first-order chi connectivity index (χ1) is 13.8. The highest BCUT2D eigenvalue weighted by Crippen LogP contribution is 2.41. The standard InChI is InChI=1S/C21H23FN2O5/c1-12(20(25)26)23-21(27)24-9-8-14-10-17(28-2)18(29-3)11-16(14)19(24)13-4-6-15(22)7-5-13/h4-7,10-12,19H,8-9H2,1-3H3,(H,23,27)(H,25,26)/p-1/t12-,19+/m0/s1. The molecule has 0 aromatic heterocycles. The maximum Gasteiger partial charge on any atom is 0.318 e. The second kappa shape index (κ2) is 8.38. The van der Waals surface area contributed by atoms with E-state index in [1.165, 1.54) is 31.1 Å². The number of halogens is 1. The molecular formula is C21H22FN2O5-. The van der Waals surface area contributed by atoms with E-state index in [2.05, 4.69) is 5.32 Å². The first-order valence-corrected chi connectivity index (χ1v) is 9.14. The van der Waals surface area contributed by atoms with E-state index in [1.54, 1.807) is 25.3 Å². The number of hydrogen-bond acceptors (Lipinski definition) is 5. The van der Waals surface area contributed by atoms with Gasteiger partial charge in [0.1, 0.15) is 5.82 Å². The number of aliphatic carboxylic acids is 1. The van der Waals surface area contributed by atoms with Gasteiger partial charge in [0.2, 0.25) is 0 Å². The van der Waals surface area contributed by atoms with Crippen molar-refractivity contribution in [2.45, 2.75) is 25.4 Å². The van der Waals surface area contributed by atoms with Gasteiger partial charge in [0.15, 0.2) is 11.5 Å². The van der Waals surface area contributed by atoms with Crippen molar-refractivity contribution >= 4 is 12.0 Å². The summed E-state index contributed by atoms with van der Waals surface area (Å²) in [5.74, 6) is -0.685. The van der Waals surface area contributed by atoms with Crippen molar-refractivity contribution < 1.29 is 28.6 Å². The third kappa shape index (κ3) is 4.11. The molecular weight excluding hydrogens is 379 g/mol. The van der Waals surface area contributed by atoms with Crippen LogP contribution >= 0.6 is 0 Å². The lowest BCUT2D eigenvalue weighted by Crippen LogP contribution is -2.52. The zero-order valence-electron chi connectivity index (χ0n) is 16.4. The van der Waals surface area contributed by atoms with E-state index in [9.17, 15) is 19.1 Å². The Labute approximate surface area is 168 Å². The molecule has 154 valence electrons. The quantitative estimate of drug-likeness (QED) is 0.823. The summed E-state index contributed by atoms with van der Waals surface area (Å²) >= 11 is 0. The molecule has 1 aliphatic rings. The SMILES string of the molecule is COc1cc2c(cc1OC)[C@@H](c1ccc(F)cc1)N(C(=O)N[C@@H](C)C(=O)[O-])CC2. The first kappa shape index (κ1) is 20.4. The first-order valence-electron chi connectivity index (χ1n) is 9.14. The lowest BCUT2D eigenvalue weighted by Gasteiger charge is -2.38. The molecule has 0 radical (unpaired) electrons. The number of amides is 2. The number of hydrogen-bond donors (Lipinski definition) is 1. The van der Waals surface area contributed by atoms with Crippen LogP contribution in [0.2, 0.25) is 0 Å². The number of urea groups is 1. The molecule has 7 nitrogen and oxygen atoms in total. The van der Waals surface area contributed by atoms with Crippen molar-refractivity contribution in [2.24, 2.45) is 0 Å². The Morgan fingerprint density at radius 1 is 1.17 bits per heavy atom. The number of carboxylic acid groups (broad SMARTS) is 1. The van der Waals surface area contributed by atoms with Gasteiger partial charge in [0.05, 0.1) is 32.3 Å². The molecule has 0 fully saturated rings. The molecule has 0 saturated heterocycles. The van der Waals surface area contributed by atoms with Crippen LogP contribution in [0.4, 0.5) is 9.18 Å². The van der Waals surface area contributed by atoms with Gasteiger partial charge in [-0.2, -0.15) is 0 Å². The Morgan fingerprint density at radius 3 is 2.38 bits per heavy atom. The zero-order valence-corrected chi connectivity index (χ0v) is 16.4. The second-order valence-electron chi connectivity index (χ2n) is 6.79. The van der Waals surface area contributed by atoms with Crippen molar-refractivity contribution in [3.8, 4) is 11.5 Å². The van der Waals surface area contributed by atoms with Gasteiger partial charge in [-0.25, -0.2) is 9.18 Å². The van der Waals surface area contributed by atoms with E-state index in [0.29, 0.717) is 30.0 Å². The van der Waals surface area contributed by atoms with E-state index in [-0.39, 0.29) is 0 Å². The average molecular weight is 401 g/mol. The molecule has 1 N–H and O–H groups in total. The molecule has 0 bridgehead atoms. The monoisotopic (exact) mass is 401 g/mol. The molecule has 0 unspecified atom stereocenters. The number of nitrogens with one attached hydrogen (secondary N) is 1. The van der Waals surface area contributed by atoms with Crippen LogP contribution < -0.4 is 19.9 Å². The molecule has 2 aromatic carbocycles. The third-order valence-electron chi connectivity index (χ3n) is 5.01. The summed E-state index contributed by atoms with van der Waals surface area (Å²) in [6.45, 7) is 1.68. The Hall–Kier alpha value is -3.29. The second-order valence-corrected chi connectivity index (χ2v) is 6.79. The van der Waals surface area contributed by atoms with E-state index in [0.717, 1.165) is 11.1 Å². The Morgan fingerprint density at radius 2 is 1.79 bits per heavy atom. The normalized spacial score (nSPS) is 16.6. The van der Waals surface area contributed by atoms with Gasteiger partial charge in [-0.05, 0) is 54.3 Å². The predicted octanol–water partition coefficient (Wildman–Crippen LogP) is 1.64. The van der Waals surface area contributed by atoms with Crippen LogP contribution in [0.1, 0.15) is 29.7 Å². The molecule has 3 rings (SSSR count). The third-order valence-corrected chi connectivity index (χ3v) is 5.01. The number of carbonyl (C=O) groups excluding carboxylic acids is 2. The molecule has 2 atom stereocenters. The maximum absolute atomic E-state index is 13.5. The van der Waals surface area contributed by atoms with Gasteiger partial charge in [0, 0.05) is 6.54 Å². The molecule has 2 aromatic rings. The highest BCUT2D eigenvalue weighted by Gasteiger charge is 2.34. The van der Waals surface area contributed by atoms with Crippen molar-refractivity contribution in [1.29, 1.82) is 0 Å². The van der Waals surface area contributed by atoms with Gasteiger partial charge in [-0.15, -0.1) is 0 Å². The molecule has 2 amide bonds. The van der Waals surface area contributed by atoms with Crippen molar-refractivity contribution in [3.05, 3.63) is 58.9 Å². The fraction of sp³-hybridized carbons (Fsp3) is 0.333. The van der Waals surface area contributed by atoms with Gasteiger partial charge in [0.25, 0.3) is 0 Å². The van der Waals surface area contributed by atoms with E-state index in [1.807, 2.05) is 6.07 Å². The van der Waals surface area contributed by atoms with Crippen LogP contribution in [0.5, 0.6) is 11.5 Å². The lowest BCUT2D eigenvalue weighted by molar-refractivity contribution is -0.307. The van der Waals surface area contributed by atoms with Crippen LogP contribution in [0.3, 0.4) is 0 Å². The predicted molar refractivity (Wildman–Crippen MR) is 101 cm³/mol. The van der Waals surface area contributed by atoms with Gasteiger partial charge in [-0.1, -0.05) is 12.1 Å². The molecule has 0 saturated carbocycles. The average Bonchev–Trinajstić information content (AvgIpc) is 2.72. The van der Waals surface area contributed by atoms with Crippen LogP contribution in [-0.2, 0) is 11.2 Å². The summed E-state index contributed by atoms with van der Waals surface area (Å²) in [6.07, 6.45) is 0.542. The van der Waals surface area contributed by atoms with Gasteiger partial charge >= 0.3 is 6.03 Å². The summed E-state index contributed by atoms with van der Waals surface area (Å²) in [4.78, 5) is 25.4. The molecule has 1 aliphatic heterocycles. The van der Waals surface area contributed by atoms with E-state index < -0.39 is 29.9 Å². The van der Waals surface area contributed by atoms with Gasteiger partial charge < -0.3 is 29.6 Å². The number of fused-ring (bicyclic) bond motifs is 1. The Bertz CT molecular complexity index is 916. The molecule has 0 aliphatic carbocycles. The van der Waals surface area contributed by atoms with Gasteiger partial charge in [-0.3, -0.25) is 0 Å². The zero-order chi connectivity index (χ0) is 21.1. The number of carbonyl (C=O) groups is 2. The highest BCUT2D eigenvalue weighted by atomic mass is 19.1. The largest absolute Gasteiger partial charge is 0.548 e. The van der Waals surface area contributed by atoms with Crippen molar-refractivity contribution in [3.63, 3.8) is 0 Å². The summed E-state index contributed by atoms with van der Waals surface area (Å²) in [6, 6.07) is 7.28. The molecule has 1 heterocycles. The number of ether oxygens (including phenoxy) is 2. The maximum atomic E-state index is 13.5. The fourth-order valence-electron chi connectivity index (χ4n) is 3.50. The number of rotatable bonds is 5. The summed E-state index contributed by atoms with van der Waals surface area (Å²) in [7, 11) is 3.07. The minimum absolute atomic E-state index is 0.343. The number of nitrogens with zero attached hydrogens (tertiary/aromatic N) is 1. The molecule has 8 heteroatoms. The Balaban J connectivity index is 2.08. The van der Waals surface area contributed by atoms with Crippen LogP contribution in [0.15, 0.2) is 36.4 Å². The number of benzene rings is 2. The minimum Gasteiger partial charge on any atom is -0.548 e. The highest BCUT2D eigenvalue weighted by molar-refractivity contribution is 5.82. The summed E-state index contributed by atoms with van der Waals surface area (Å²) < 4.78 is 24.3. The van der Waals surface area contributed by atoms with Crippen molar-refractivity contribution in [1.82, 2.24) is 10.2 Å². The number of carboxylic acids is 1. The topological polar surface area (TPSA) is 90.9 Å². The van der Waals surface area contributed by atoms with E-state index in [4.69, 9.17) is 9.47 Å². The number of methoxy groups -OCH3 is 2. The minimum atomic E-state index is -1.37. The fourth-order valence-corrected chi connectivity index (χ4v) is 3.50.